The van der Waals surface area contributed by atoms with Crippen molar-refractivity contribution in [2.75, 3.05) is 5.32 Å². The van der Waals surface area contributed by atoms with Crippen LogP contribution in [-0.2, 0) is 5.54 Å². The van der Waals surface area contributed by atoms with E-state index in [1.165, 1.54) is 0 Å². The molecule has 0 aliphatic rings. The summed E-state index contributed by atoms with van der Waals surface area (Å²) >= 11 is 0. The number of nitrogens with one attached hydrogen (secondary N) is 1. The molecule has 0 saturated carbocycles. The Balaban J connectivity index is 2.92. The van der Waals surface area contributed by atoms with Gasteiger partial charge in [0, 0.05) is 16.6 Å². The SMILES string of the molecule is CC(C)(C)Nc1c(C#N)c(-c2ccccc2)c(C#N)n1C(C)(C)C. The highest BCUT2D eigenvalue weighted by Crippen LogP contribution is 2.39. The number of nitrogens with zero attached hydrogens (tertiary/aromatic N) is 3. The molecular weight excluding hydrogens is 296 g/mol. The molecule has 24 heavy (non-hydrogen) atoms. The summed E-state index contributed by atoms with van der Waals surface area (Å²) in [6, 6.07) is 14.3. The van der Waals surface area contributed by atoms with Crippen molar-refractivity contribution < 1.29 is 0 Å². The van der Waals surface area contributed by atoms with Gasteiger partial charge >= 0.3 is 0 Å². The summed E-state index contributed by atoms with van der Waals surface area (Å²) in [7, 11) is 0. The minimum atomic E-state index is -0.336. The average Bonchev–Trinajstić information content (AvgIpc) is 2.79. The molecule has 4 nitrogen and oxygen atoms in total. The van der Waals surface area contributed by atoms with E-state index in [0.29, 0.717) is 22.6 Å². The number of anilines is 1. The van der Waals surface area contributed by atoms with Gasteiger partial charge in [0.25, 0.3) is 0 Å². The minimum Gasteiger partial charge on any atom is -0.366 e. The van der Waals surface area contributed by atoms with Crippen LogP contribution in [-0.4, -0.2) is 10.1 Å². The first-order valence-corrected chi connectivity index (χ1v) is 8.03. The Morgan fingerprint density at radius 3 is 1.92 bits per heavy atom. The monoisotopic (exact) mass is 320 g/mol. The second kappa shape index (κ2) is 6.06. The van der Waals surface area contributed by atoms with E-state index in [9.17, 15) is 10.5 Å². The Morgan fingerprint density at radius 1 is 0.917 bits per heavy atom. The molecule has 1 aromatic carbocycles. The first-order chi connectivity index (χ1) is 11.1. The van der Waals surface area contributed by atoms with Crippen LogP contribution in [0, 0.1) is 22.7 Å². The summed E-state index contributed by atoms with van der Waals surface area (Å²) in [5, 5.41) is 23.1. The van der Waals surface area contributed by atoms with Gasteiger partial charge in [0.2, 0.25) is 0 Å². The second-order valence-corrected chi connectivity index (χ2v) is 7.92. The molecule has 0 saturated heterocycles. The zero-order valence-corrected chi connectivity index (χ0v) is 15.2. The number of hydrogen-bond acceptors (Lipinski definition) is 3. The Bertz CT molecular complexity index is 816. The van der Waals surface area contributed by atoms with Crippen molar-refractivity contribution in [3.63, 3.8) is 0 Å². The van der Waals surface area contributed by atoms with E-state index < -0.39 is 0 Å². The molecule has 0 spiro atoms. The number of aromatic nitrogens is 1. The highest BCUT2D eigenvalue weighted by Gasteiger charge is 2.31. The van der Waals surface area contributed by atoms with Gasteiger partial charge in [0.05, 0.1) is 0 Å². The predicted molar refractivity (Wildman–Crippen MR) is 97.7 cm³/mol. The summed E-state index contributed by atoms with van der Waals surface area (Å²) in [4.78, 5) is 0. The van der Waals surface area contributed by atoms with E-state index in [-0.39, 0.29) is 11.1 Å². The molecule has 0 atom stereocenters. The molecule has 1 heterocycles. The van der Waals surface area contributed by atoms with Gasteiger partial charge in [-0.3, -0.25) is 0 Å². The smallest absolute Gasteiger partial charge is 0.131 e. The molecule has 0 radical (unpaired) electrons. The van der Waals surface area contributed by atoms with Crippen molar-refractivity contribution in [3.8, 4) is 23.3 Å². The first kappa shape index (κ1) is 17.6. The fourth-order valence-corrected chi connectivity index (χ4v) is 2.82. The zero-order valence-electron chi connectivity index (χ0n) is 15.2. The third-order valence-electron chi connectivity index (χ3n) is 3.62. The number of hydrogen-bond donors (Lipinski definition) is 1. The fourth-order valence-electron chi connectivity index (χ4n) is 2.82. The lowest BCUT2D eigenvalue weighted by Crippen LogP contribution is -2.32. The summed E-state index contributed by atoms with van der Waals surface area (Å²) < 4.78 is 1.94. The van der Waals surface area contributed by atoms with E-state index in [2.05, 4.69) is 17.5 Å². The van der Waals surface area contributed by atoms with Crippen LogP contribution in [0.2, 0.25) is 0 Å². The van der Waals surface area contributed by atoms with Gasteiger partial charge in [-0.05, 0) is 47.1 Å². The maximum atomic E-state index is 9.85. The summed E-state index contributed by atoms with van der Waals surface area (Å²) in [6.07, 6.45) is 0. The quantitative estimate of drug-likeness (QED) is 0.859. The van der Waals surface area contributed by atoms with E-state index >= 15 is 0 Å². The van der Waals surface area contributed by atoms with Gasteiger partial charge in [0.1, 0.15) is 29.2 Å². The largest absolute Gasteiger partial charge is 0.366 e. The molecule has 0 aliphatic carbocycles. The van der Waals surface area contributed by atoms with Gasteiger partial charge < -0.3 is 9.88 Å². The highest BCUT2D eigenvalue weighted by atomic mass is 15.2. The van der Waals surface area contributed by atoms with Crippen molar-refractivity contribution in [2.24, 2.45) is 0 Å². The fraction of sp³-hybridized carbons (Fsp3) is 0.400. The normalized spacial score (nSPS) is 11.7. The zero-order chi connectivity index (χ0) is 18.1. The molecule has 0 aliphatic heterocycles. The van der Waals surface area contributed by atoms with Gasteiger partial charge in [-0.1, -0.05) is 30.3 Å². The third kappa shape index (κ3) is 3.29. The van der Waals surface area contributed by atoms with Crippen molar-refractivity contribution in [1.29, 1.82) is 10.5 Å². The van der Waals surface area contributed by atoms with Gasteiger partial charge in [0.15, 0.2) is 0 Å². The van der Waals surface area contributed by atoms with Crippen LogP contribution in [0.15, 0.2) is 30.3 Å². The maximum Gasteiger partial charge on any atom is 0.131 e. The van der Waals surface area contributed by atoms with Crippen LogP contribution in [0.4, 0.5) is 5.82 Å². The highest BCUT2D eigenvalue weighted by molar-refractivity contribution is 5.83. The van der Waals surface area contributed by atoms with E-state index in [0.717, 1.165) is 5.56 Å². The van der Waals surface area contributed by atoms with Crippen LogP contribution < -0.4 is 5.32 Å². The molecule has 0 unspecified atom stereocenters. The Labute approximate surface area is 144 Å². The van der Waals surface area contributed by atoms with E-state index in [1.54, 1.807) is 0 Å². The van der Waals surface area contributed by atoms with Crippen LogP contribution in [0.3, 0.4) is 0 Å². The van der Waals surface area contributed by atoms with Crippen molar-refractivity contribution in [2.45, 2.75) is 52.6 Å². The average molecular weight is 320 g/mol. The lowest BCUT2D eigenvalue weighted by molar-refractivity contribution is 0.396. The molecule has 2 rings (SSSR count). The molecule has 0 fully saturated rings. The number of rotatable bonds is 2. The Kier molecular flexibility index (Phi) is 4.45. The second-order valence-electron chi connectivity index (χ2n) is 7.92. The van der Waals surface area contributed by atoms with Gasteiger partial charge in [-0.2, -0.15) is 10.5 Å². The molecule has 4 heteroatoms. The Morgan fingerprint density at radius 2 is 1.50 bits per heavy atom. The molecule has 2 aromatic rings. The third-order valence-corrected chi connectivity index (χ3v) is 3.62. The maximum absolute atomic E-state index is 9.85. The summed E-state index contributed by atoms with van der Waals surface area (Å²) in [6.45, 7) is 12.2. The molecule has 0 amide bonds. The van der Waals surface area contributed by atoms with E-state index in [4.69, 9.17) is 0 Å². The number of nitriles is 2. The summed E-state index contributed by atoms with van der Waals surface area (Å²) in [5.74, 6) is 0.702. The van der Waals surface area contributed by atoms with E-state index in [1.807, 2.05) is 76.4 Å². The van der Waals surface area contributed by atoms with Crippen molar-refractivity contribution in [3.05, 3.63) is 41.6 Å². The predicted octanol–water partition coefficient (Wildman–Crippen LogP) is 4.86. The van der Waals surface area contributed by atoms with Crippen LogP contribution in [0.1, 0.15) is 52.8 Å². The first-order valence-electron chi connectivity index (χ1n) is 8.03. The molecule has 0 bridgehead atoms. The van der Waals surface area contributed by atoms with Crippen molar-refractivity contribution in [1.82, 2.24) is 4.57 Å². The van der Waals surface area contributed by atoms with Crippen LogP contribution >= 0.6 is 0 Å². The van der Waals surface area contributed by atoms with Crippen LogP contribution in [0.25, 0.3) is 11.1 Å². The van der Waals surface area contributed by atoms with Crippen molar-refractivity contribution >= 4 is 5.82 Å². The Hall–Kier alpha value is -2.72. The topological polar surface area (TPSA) is 64.5 Å². The van der Waals surface area contributed by atoms with Gasteiger partial charge in [-0.25, -0.2) is 0 Å². The molecule has 1 N–H and O–H groups in total. The van der Waals surface area contributed by atoms with Crippen LogP contribution in [0.5, 0.6) is 0 Å². The molecule has 1 aromatic heterocycles. The molecular formula is C20H24N4. The van der Waals surface area contributed by atoms with Gasteiger partial charge in [-0.15, -0.1) is 0 Å². The minimum absolute atomic E-state index is 0.229. The summed E-state index contributed by atoms with van der Waals surface area (Å²) in [5.41, 5.74) is 2.04. The molecule has 124 valence electrons. The lowest BCUT2D eigenvalue weighted by atomic mass is 10.0. The lowest BCUT2D eigenvalue weighted by Gasteiger charge is -2.30. The number of benzene rings is 1. The standard InChI is InChI=1S/C20H24N4/c1-19(2,3)23-18-15(12-21)17(14-10-8-7-9-11-14)16(13-22)24(18)20(4,5)6/h7-11,23H,1-6H3.